The highest BCUT2D eigenvalue weighted by Gasteiger charge is 2.44. The summed E-state index contributed by atoms with van der Waals surface area (Å²) >= 11 is 0. The van der Waals surface area contributed by atoms with Gasteiger partial charge in [0.2, 0.25) is 5.91 Å². The summed E-state index contributed by atoms with van der Waals surface area (Å²) in [6, 6.07) is 8.98. The van der Waals surface area contributed by atoms with Crippen LogP contribution in [0.2, 0.25) is 0 Å². The third-order valence-corrected chi connectivity index (χ3v) is 4.99. The predicted molar refractivity (Wildman–Crippen MR) is 106 cm³/mol. The molecule has 1 aromatic carbocycles. The minimum atomic E-state index is -1.36. The molecule has 1 saturated heterocycles. The molecule has 0 unspecified atom stereocenters. The van der Waals surface area contributed by atoms with Crippen molar-refractivity contribution < 1.29 is 19.7 Å². The van der Waals surface area contributed by atoms with Gasteiger partial charge in [-0.3, -0.25) is 9.36 Å². The number of aliphatic hydroxyl groups excluding tert-OH is 2. The lowest BCUT2D eigenvalue weighted by atomic mass is 10.1. The van der Waals surface area contributed by atoms with Crippen molar-refractivity contribution >= 4 is 22.8 Å². The first-order valence-electron chi connectivity index (χ1n) is 9.49. The van der Waals surface area contributed by atoms with Crippen molar-refractivity contribution in [1.29, 1.82) is 0 Å². The summed E-state index contributed by atoms with van der Waals surface area (Å²) < 4.78 is 6.64. The van der Waals surface area contributed by atoms with Crippen LogP contribution in [0.3, 0.4) is 0 Å². The van der Waals surface area contributed by atoms with Crippen molar-refractivity contribution in [3.8, 4) is 0 Å². The summed E-state index contributed by atoms with van der Waals surface area (Å²) in [4.78, 5) is 35.3. The molecule has 0 aliphatic carbocycles. The Bertz CT molecular complexity index is 1080. The number of aromatic nitrogens is 4. The SMILES string of the molecule is Nc1ccn([C@@H]2O[C@H](CNC(=O)CCc3nc4ccccc4[nH]3)[C@@H](O)[C@H]2O)c(=O)n1. The number of nitrogen functional groups attached to an aromatic ring is 1. The van der Waals surface area contributed by atoms with Crippen LogP contribution in [0.1, 0.15) is 18.5 Å². The molecule has 1 fully saturated rings. The number of anilines is 1. The molecule has 11 nitrogen and oxygen atoms in total. The van der Waals surface area contributed by atoms with E-state index in [4.69, 9.17) is 10.5 Å². The van der Waals surface area contributed by atoms with Gasteiger partial charge in [0.05, 0.1) is 11.0 Å². The summed E-state index contributed by atoms with van der Waals surface area (Å²) in [5.74, 6) is 0.488. The van der Waals surface area contributed by atoms with Crippen LogP contribution < -0.4 is 16.7 Å². The number of amides is 1. The number of aliphatic hydroxyl groups is 2. The van der Waals surface area contributed by atoms with E-state index >= 15 is 0 Å². The number of aromatic amines is 1. The normalized spacial score (nSPS) is 23.7. The number of nitrogens with one attached hydrogen (secondary N) is 2. The van der Waals surface area contributed by atoms with E-state index in [1.807, 2.05) is 24.3 Å². The van der Waals surface area contributed by atoms with Crippen LogP contribution in [0.15, 0.2) is 41.3 Å². The number of benzene rings is 1. The zero-order chi connectivity index (χ0) is 21.3. The van der Waals surface area contributed by atoms with Gasteiger partial charge in [-0.15, -0.1) is 0 Å². The van der Waals surface area contributed by atoms with Crippen molar-refractivity contribution in [3.63, 3.8) is 0 Å². The van der Waals surface area contributed by atoms with E-state index < -0.39 is 30.2 Å². The lowest BCUT2D eigenvalue weighted by Crippen LogP contribution is -2.40. The second-order valence-corrected chi connectivity index (χ2v) is 7.09. The van der Waals surface area contributed by atoms with Gasteiger partial charge in [0.1, 0.15) is 30.0 Å². The average molecular weight is 414 g/mol. The highest BCUT2D eigenvalue weighted by molar-refractivity contribution is 5.77. The number of hydrogen-bond donors (Lipinski definition) is 5. The summed E-state index contributed by atoms with van der Waals surface area (Å²) in [6.07, 6.45) is -2.70. The fourth-order valence-electron chi connectivity index (χ4n) is 3.41. The Morgan fingerprint density at radius 3 is 2.80 bits per heavy atom. The third kappa shape index (κ3) is 4.03. The van der Waals surface area contributed by atoms with Crippen LogP contribution in [0.4, 0.5) is 5.82 Å². The minimum absolute atomic E-state index is 0.0230. The number of nitrogens with two attached hydrogens (primary N) is 1. The molecule has 30 heavy (non-hydrogen) atoms. The summed E-state index contributed by atoms with van der Waals surface area (Å²) in [5, 5.41) is 23.2. The fraction of sp³-hybridized carbons (Fsp3) is 0.368. The van der Waals surface area contributed by atoms with E-state index in [0.29, 0.717) is 12.2 Å². The molecule has 3 heterocycles. The molecule has 0 radical (unpaired) electrons. The van der Waals surface area contributed by atoms with E-state index in [0.717, 1.165) is 15.6 Å². The average Bonchev–Trinajstić information content (AvgIpc) is 3.26. The number of nitrogens with zero attached hydrogens (tertiary/aromatic N) is 3. The molecule has 1 amide bonds. The lowest BCUT2D eigenvalue weighted by Gasteiger charge is -2.17. The number of H-pyrrole nitrogens is 1. The number of aryl methyl sites for hydroxylation is 1. The molecule has 4 rings (SSSR count). The number of hydrogen-bond acceptors (Lipinski definition) is 8. The number of para-hydroxylation sites is 2. The lowest BCUT2D eigenvalue weighted by molar-refractivity contribution is -0.122. The molecule has 6 N–H and O–H groups in total. The summed E-state index contributed by atoms with van der Waals surface area (Å²) in [6.45, 7) is -0.0230. The first-order chi connectivity index (χ1) is 14.4. The van der Waals surface area contributed by atoms with E-state index in [2.05, 4.69) is 20.3 Å². The second-order valence-electron chi connectivity index (χ2n) is 7.09. The maximum atomic E-state index is 12.2. The van der Waals surface area contributed by atoms with Crippen LogP contribution in [-0.4, -0.2) is 60.5 Å². The smallest absolute Gasteiger partial charge is 0.351 e. The fourth-order valence-corrected chi connectivity index (χ4v) is 3.41. The Morgan fingerprint density at radius 1 is 1.23 bits per heavy atom. The highest BCUT2D eigenvalue weighted by Crippen LogP contribution is 2.28. The van der Waals surface area contributed by atoms with Crippen molar-refractivity contribution in [1.82, 2.24) is 24.8 Å². The standard InChI is InChI=1S/C19H22N6O5/c20-13-7-8-25(19(29)24-13)18-17(28)16(27)12(30-18)9-21-15(26)6-5-14-22-10-3-1-2-4-11(10)23-14/h1-4,7-8,12,16-18,27-28H,5-6,9H2,(H,21,26)(H,22,23)(H2,20,24,29)/t12-,16-,17-,18-/m1/s1. The van der Waals surface area contributed by atoms with E-state index in [-0.39, 0.29) is 24.7 Å². The first kappa shape index (κ1) is 20.0. The molecule has 11 heteroatoms. The van der Waals surface area contributed by atoms with Crippen LogP contribution >= 0.6 is 0 Å². The van der Waals surface area contributed by atoms with Crippen molar-refractivity contribution in [2.75, 3.05) is 12.3 Å². The largest absolute Gasteiger partial charge is 0.387 e. The molecule has 0 saturated carbocycles. The Labute approximate surface area is 170 Å². The molecule has 4 atom stereocenters. The molecular weight excluding hydrogens is 392 g/mol. The number of fused-ring (bicyclic) bond motifs is 1. The van der Waals surface area contributed by atoms with Gasteiger partial charge in [0.15, 0.2) is 6.23 Å². The number of rotatable bonds is 6. The van der Waals surface area contributed by atoms with Gasteiger partial charge < -0.3 is 31.0 Å². The molecule has 1 aliphatic rings. The topological polar surface area (TPSA) is 168 Å². The van der Waals surface area contributed by atoms with Gasteiger partial charge in [0, 0.05) is 25.6 Å². The predicted octanol–water partition coefficient (Wildman–Crippen LogP) is -0.930. The second kappa shape index (κ2) is 8.22. The molecular formula is C19H22N6O5. The van der Waals surface area contributed by atoms with Crippen LogP contribution in [0.25, 0.3) is 11.0 Å². The number of imidazole rings is 1. The van der Waals surface area contributed by atoms with Gasteiger partial charge in [-0.1, -0.05) is 12.1 Å². The van der Waals surface area contributed by atoms with Gasteiger partial charge in [0.25, 0.3) is 0 Å². The minimum Gasteiger partial charge on any atom is -0.387 e. The Kier molecular flexibility index (Phi) is 5.48. The van der Waals surface area contributed by atoms with Gasteiger partial charge >= 0.3 is 5.69 Å². The maximum Gasteiger partial charge on any atom is 0.351 e. The van der Waals surface area contributed by atoms with Crippen LogP contribution in [-0.2, 0) is 16.0 Å². The quantitative estimate of drug-likeness (QED) is 0.345. The zero-order valence-electron chi connectivity index (χ0n) is 15.9. The number of carbonyl (C=O) groups is 1. The molecule has 158 valence electrons. The van der Waals surface area contributed by atoms with E-state index in [1.165, 1.54) is 12.3 Å². The van der Waals surface area contributed by atoms with Crippen LogP contribution in [0.5, 0.6) is 0 Å². The van der Waals surface area contributed by atoms with Crippen molar-refractivity contribution in [3.05, 3.63) is 52.8 Å². The van der Waals surface area contributed by atoms with Crippen molar-refractivity contribution in [2.24, 2.45) is 0 Å². The summed E-state index contributed by atoms with van der Waals surface area (Å²) in [5.41, 5.74) is 6.49. The highest BCUT2D eigenvalue weighted by atomic mass is 16.6. The van der Waals surface area contributed by atoms with E-state index in [1.54, 1.807) is 0 Å². The molecule has 2 aromatic heterocycles. The molecule has 0 spiro atoms. The third-order valence-electron chi connectivity index (χ3n) is 4.99. The summed E-state index contributed by atoms with van der Waals surface area (Å²) in [7, 11) is 0. The first-order valence-corrected chi connectivity index (χ1v) is 9.49. The Morgan fingerprint density at radius 2 is 2.03 bits per heavy atom. The monoisotopic (exact) mass is 414 g/mol. The molecule has 0 bridgehead atoms. The van der Waals surface area contributed by atoms with Gasteiger partial charge in [-0.2, -0.15) is 4.98 Å². The number of carbonyl (C=O) groups excluding carboxylic acids is 1. The van der Waals surface area contributed by atoms with Gasteiger partial charge in [-0.25, -0.2) is 9.78 Å². The van der Waals surface area contributed by atoms with E-state index in [9.17, 15) is 19.8 Å². The molecule has 1 aliphatic heterocycles. The maximum absolute atomic E-state index is 12.2. The number of ether oxygens (including phenoxy) is 1. The zero-order valence-corrected chi connectivity index (χ0v) is 15.9. The van der Waals surface area contributed by atoms with Crippen molar-refractivity contribution in [2.45, 2.75) is 37.4 Å². The Hall–Kier alpha value is -3.28. The van der Waals surface area contributed by atoms with Crippen LogP contribution in [0, 0.1) is 0 Å². The van der Waals surface area contributed by atoms with Gasteiger partial charge in [-0.05, 0) is 18.2 Å². The molecule has 3 aromatic rings. The Balaban J connectivity index is 1.31.